The van der Waals surface area contributed by atoms with Gasteiger partial charge >= 0.3 is 0 Å². The lowest BCUT2D eigenvalue weighted by molar-refractivity contribution is 0.0935. The summed E-state index contributed by atoms with van der Waals surface area (Å²) in [5, 5.41) is 8.84. The van der Waals surface area contributed by atoms with Gasteiger partial charge in [0, 0.05) is 30.2 Å². The number of halogens is 1. The van der Waals surface area contributed by atoms with Gasteiger partial charge in [0.15, 0.2) is 0 Å². The number of anilines is 1. The molecule has 0 unspecified atom stereocenters. The molecule has 1 fully saturated rings. The van der Waals surface area contributed by atoms with Crippen LogP contribution in [0.15, 0.2) is 54.6 Å². The van der Waals surface area contributed by atoms with Gasteiger partial charge in [-0.25, -0.2) is 4.39 Å². The van der Waals surface area contributed by atoms with Gasteiger partial charge in [-0.1, -0.05) is 12.1 Å². The van der Waals surface area contributed by atoms with Crippen molar-refractivity contribution < 1.29 is 13.9 Å². The van der Waals surface area contributed by atoms with Crippen molar-refractivity contribution in [2.24, 2.45) is 0 Å². The first kappa shape index (κ1) is 22.4. The highest BCUT2D eigenvalue weighted by Crippen LogP contribution is 2.29. The van der Waals surface area contributed by atoms with Crippen LogP contribution in [0.5, 0.6) is 5.75 Å². The number of hydrogen-bond donors (Lipinski definition) is 1. The highest BCUT2D eigenvalue weighted by Gasteiger charge is 2.23. The minimum Gasteiger partial charge on any atom is -0.497 e. The Kier molecular flexibility index (Phi) is 6.24. The number of nitrogens with zero attached hydrogens (tertiary/aromatic N) is 3. The molecule has 0 spiro atoms. The van der Waals surface area contributed by atoms with Crippen molar-refractivity contribution in [1.29, 1.82) is 0 Å². The van der Waals surface area contributed by atoms with Crippen molar-refractivity contribution in [1.82, 2.24) is 15.1 Å². The lowest BCUT2D eigenvalue weighted by Gasteiger charge is -2.34. The topological polar surface area (TPSA) is 59.4 Å². The SMILES string of the molecule is COc1ccc(N2CCC(NC(=O)c3cc4c(C)nn(Cc5ccc(F)cc5)c4s3)CC2)cc1. The number of nitrogens with one attached hydrogen (secondary N) is 1. The number of fused-ring (bicyclic) bond motifs is 1. The quantitative estimate of drug-likeness (QED) is 0.424. The van der Waals surface area contributed by atoms with Crippen LogP contribution in [0.3, 0.4) is 0 Å². The number of aromatic nitrogens is 2. The molecular formula is C26H27FN4O2S. The number of methoxy groups -OCH3 is 1. The molecule has 1 amide bonds. The third kappa shape index (κ3) is 4.63. The molecule has 0 radical (unpaired) electrons. The van der Waals surface area contributed by atoms with Gasteiger partial charge in [0.25, 0.3) is 5.91 Å². The molecule has 8 heteroatoms. The molecule has 1 saturated heterocycles. The molecule has 176 valence electrons. The summed E-state index contributed by atoms with van der Waals surface area (Å²) in [7, 11) is 1.67. The van der Waals surface area contributed by atoms with Crippen molar-refractivity contribution in [3.05, 3.63) is 76.5 Å². The summed E-state index contributed by atoms with van der Waals surface area (Å²) in [6, 6.07) is 16.6. The largest absolute Gasteiger partial charge is 0.497 e. The molecule has 34 heavy (non-hydrogen) atoms. The fourth-order valence-electron chi connectivity index (χ4n) is 4.43. The Labute approximate surface area is 202 Å². The predicted molar refractivity (Wildman–Crippen MR) is 134 cm³/mol. The summed E-state index contributed by atoms with van der Waals surface area (Å²) in [5.41, 5.74) is 3.03. The van der Waals surface area contributed by atoms with Crippen molar-refractivity contribution in [2.45, 2.75) is 32.4 Å². The third-order valence-corrected chi connectivity index (χ3v) is 7.49. The number of aryl methyl sites for hydroxylation is 1. The third-order valence-electron chi connectivity index (χ3n) is 6.34. The van der Waals surface area contributed by atoms with Crippen LogP contribution in [-0.4, -0.2) is 41.9 Å². The molecule has 2 aromatic carbocycles. The zero-order chi connectivity index (χ0) is 23.7. The number of rotatable bonds is 6. The van der Waals surface area contributed by atoms with Crippen molar-refractivity contribution in [3.63, 3.8) is 0 Å². The van der Waals surface area contributed by atoms with Gasteiger partial charge in [-0.3, -0.25) is 9.48 Å². The summed E-state index contributed by atoms with van der Waals surface area (Å²) in [6.45, 7) is 4.29. The summed E-state index contributed by atoms with van der Waals surface area (Å²) in [6.07, 6.45) is 1.81. The molecule has 1 aliphatic rings. The summed E-state index contributed by atoms with van der Waals surface area (Å²) in [5.74, 6) is 0.567. The van der Waals surface area contributed by atoms with Gasteiger partial charge in [0.2, 0.25) is 0 Å². The van der Waals surface area contributed by atoms with Crippen LogP contribution in [0.25, 0.3) is 10.2 Å². The van der Waals surface area contributed by atoms with E-state index in [0.29, 0.717) is 11.4 Å². The van der Waals surface area contributed by atoms with Gasteiger partial charge in [0.1, 0.15) is 16.4 Å². The lowest BCUT2D eigenvalue weighted by atomic mass is 10.0. The zero-order valence-corrected chi connectivity index (χ0v) is 20.1. The molecule has 0 aliphatic carbocycles. The summed E-state index contributed by atoms with van der Waals surface area (Å²) >= 11 is 1.46. The van der Waals surface area contributed by atoms with Gasteiger partial charge in [0.05, 0.1) is 24.2 Å². The highest BCUT2D eigenvalue weighted by molar-refractivity contribution is 7.20. The first-order valence-electron chi connectivity index (χ1n) is 11.4. The van der Waals surface area contributed by atoms with Crippen LogP contribution in [0.2, 0.25) is 0 Å². The Hall–Kier alpha value is -3.39. The molecule has 1 N–H and O–H groups in total. The summed E-state index contributed by atoms with van der Waals surface area (Å²) in [4.78, 5) is 17.0. The van der Waals surface area contributed by atoms with Gasteiger partial charge in [-0.15, -0.1) is 11.3 Å². The van der Waals surface area contributed by atoms with E-state index in [0.717, 1.165) is 53.2 Å². The van der Waals surface area contributed by atoms with E-state index in [2.05, 4.69) is 27.4 Å². The minimum absolute atomic E-state index is 0.0307. The molecule has 5 rings (SSSR count). The summed E-state index contributed by atoms with van der Waals surface area (Å²) < 4.78 is 20.4. The Morgan fingerprint density at radius 1 is 1.15 bits per heavy atom. The predicted octanol–water partition coefficient (Wildman–Crippen LogP) is 5.00. The molecular weight excluding hydrogens is 451 g/mol. The van der Waals surface area contributed by atoms with E-state index in [1.165, 1.54) is 29.2 Å². The number of piperidine rings is 1. The molecule has 0 atom stereocenters. The van der Waals surface area contributed by atoms with E-state index in [9.17, 15) is 9.18 Å². The Morgan fingerprint density at radius 3 is 2.53 bits per heavy atom. The molecule has 0 saturated carbocycles. The van der Waals surface area contributed by atoms with Gasteiger partial charge in [-0.05, 0) is 67.8 Å². The van der Waals surface area contributed by atoms with Crippen LogP contribution in [-0.2, 0) is 6.54 Å². The molecule has 0 bridgehead atoms. The number of ether oxygens (including phenoxy) is 1. The second-order valence-corrected chi connectivity index (χ2v) is 9.66. The fourth-order valence-corrected chi connectivity index (χ4v) is 5.49. The molecule has 6 nitrogen and oxygen atoms in total. The molecule has 4 aromatic rings. The first-order chi connectivity index (χ1) is 16.5. The highest BCUT2D eigenvalue weighted by atomic mass is 32.1. The van der Waals surface area contributed by atoms with Crippen LogP contribution in [0.4, 0.5) is 10.1 Å². The number of benzene rings is 2. The van der Waals surface area contributed by atoms with Gasteiger partial charge < -0.3 is 15.0 Å². The van der Waals surface area contributed by atoms with E-state index >= 15 is 0 Å². The Balaban J connectivity index is 1.23. The average Bonchev–Trinajstić information content (AvgIpc) is 3.42. The maximum Gasteiger partial charge on any atom is 0.261 e. The number of amides is 1. The van der Waals surface area contributed by atoms with E-state index in [1.54, 1.807) is 19.2 Å². The zero-order valence-electron chi connectivity index (χ0n) is 19.3. The second kappa shape index (κ2) is 9.46. The normalized spacial score (nSPS) is 14.5. The van der Waals surface area contributed by atoms with Crippen LogP contribution in [0, 0.1) is 12.7 Å². The van der Waals surface area contributed by atoms with E-state index in [1.807, 2.05) is 29.8 Å². The maximum atomic E-state index is 13.2. The van der Waals surface area contributed by atoms with Gasteiger partial charge in [-0.2, -0.15) is 5.10 Å². The van der Waals surface area contributed by atoms with Crippen molar-refractivity contribution >= 4 is 33.1 Å². The maximum absolute atomic E-state index is 13.2. The molecule has 2 aromatic heterocycles. The van der Waals surface area contributed by atoms with Crippen molar-refractivity contribution in [3.8, 4) is 5.75 Å². The lowest BCUT2D eigenvalue weighted by Crippen LogP contribution is -2.44. The number of thiophene rings is 1. The smallest absolute Gasteiger partial charge is 0.261 e. The number of hydrogen-bond acceptors (Lipinski definition) is 5. The van der Waals surface area contributed by atoms with Crippen LogP contribution < -0.4 is 15.0 Å². The van der Waals surface area contributed by atoms with E-state index in [4.69, 9.17) is 4.74 Å². The second-order valence-electron chi connectivity index (χ2n) is 8.63. The number of carbonyl (C=O) groups excluding carboxylic acids is 1. The monoisotopic (exact) mass is 478 g/mol. The average molecular weight is 479 g/mol. The van der Waals surface area contributed by atoms with E-state index in [-0.39, 0.29) is 17.8 Å². The first-order valence-corrected chi connectivity index (χ1v) is 12.2. The minimum atomic E-state index is -0.254. The van der Waals surface area contributed by atoms with Crippen LogP contribution >= 0.6 is 11.3 Å². The standard InChI is InChI=1S/C26H27FN4O2S/c1-17-23-15-24(34-26(23)31(29-17)16-18-3-5-19(27)6-4-18)25(32)28-20-11-13-30(14-12-20)21-7-9-22(33-2)10-8-21/h3-10,15,20H,11-14,16H2,1-2H3,(H,28,32). The molecule has 3 heterocycles. The fraction of sp³-hybridized carbons (Fsp3) is 0.308. The Bertz CT molecular complexity index is 1290. The Morgan fingerprint density at radius 2 is 1.85 bits per heavy atom. The van der Waals surface area contributed by atoms with Crippen molar-refractivity contribution in [2.75, 3.05) is 25.1 Å². The van der Waals surface area contributed by atoms with E-state index < -0.39 is 0 Å². The number of carbonyl (C=O) groups is 1. The van der Waals surface area contributed by atoms with Crippen LogP contribution in [0.1, 0.15) is 33.8 Å². The molecule has 1 aliphatic heterocycles.